The molecule has 5 nitrogen and oxygen atoms in total. The molecule has 0 aliphatic carbocycles. The summed E-state index contributed by atoms with van der Waals surface area (Å²) in [6, 6.07) is 10.4. The lowest BCUT2D eigenvalue weighted by Crippen LogP contribution is -2.46. The first-order chi connectivity index (χ1) is 12.7. The van der Waals surface area contributed by atoms with Crippen LogP contribution < -0.4 is 0 Å². The molecule has 2 atom stereocenters. The Kier molecular flexibility index (Phi) is 6.50. The van der Waals surface area contributed by atoms with Gasteiger partial charge in [-0.25, -0.2) is 4.98 Å². The Morgan fingerprint density at radius 2 is 2.15 bits per heavy atom. The number of likely N-dealkylation sites (tertiary alicyclic amines) is 1. The number of aromatic amines is 1. The first-order valence-electron chi connectivity index (χ1n) is 9.30. The normalized spacial score (nSPS) is 19.0. The minimum absolute atomic E-state index is 0.177. The molecule has 26 heavy (non-hydrogen) atoms. The molecule has 1 aliphatic heterocycles. The zero-order valence-electron chi connectivity index (χ0n) is 15.4. The van der Waals surface area contributed by atoms with Crippen molar-refractivity contribution in [2.75, 3.05) is 6.54 Å². The molecule has 6 heteroatoms. The molecule has 1 amide bonds. The van der Waals surface area contributed by atoms with Gasteiger partial charge in [0, 0.05) is 12.6 Å². The Balaban J connectivity index is 1.59. The van der Waals surface area contributed by atoms with E-state index in [2.05, 4.69) is 27.0 Å². The first-order valence-corrected chi connectivity index (χ1v) is 10.2. The molecule has 2 aromatic rings. The lowest BCUT2D eigenvalue weighted by molar-refractivity contribution is -0.134. The van der Waals surface area contributed by atoms with Gasteiger partial charge >= 0.3 is 0 Å². The summed E-state index contributed by atoms with van der Waals surface area (Å²) in [5.74, 6) is 0.896. The Morgan fingerprint density at radius 3 is 2.92 bits per heavy atom. The molecule has 1 aromatic heterocycles. The number of nitrogens with zero attached hydrogens (tertiary/aromatic N) is 3. The van der Waals surface area contributed by atoms with Gasteiger partial charge in [0.1, 0.15) is 5.82 Å². The number of H-pyrrole nitrogens is 1. The molecule has 0 radical (unpaired) electrons. The summed E-state index contributed by atoms with van der Waals surface area (Å²) >= 11 is 1.42. The van der Waals surface area contributed by atoms with Crippen LogP contribution in [-0.2, 0) is 4.79 Å². The van der Waals surface area contributed by atoms with E-state index in [1.807, 2.05) is 49.4 Å². The monoisotopic (exact) mass is 370 g/mol. The number of piperidine rings is 1. The summed E-state index contributed by atoms with van der Waals surface area (Å²) in [7, 11) is 0. The number of hydrogen-bond donors (Lipinski definition) is 1. The van der Waals surface area contributed by atoms with Crippen LogP contribution in [-0.4, -0.2) is 43.8 Å². The van der Waals surface area contributed by atoms with Crippen LogP contribution in [0.3, 0.4) is 0 Å². The quantitative estimate of drug-likeness (QED) is 0.772. The van der Waals surface area contributed by atoms with E-state index in [1.165, 1.54) is 18.2 Å². The van der Waals surface area contributed by atoms with Crippen molar-refractivity contribution < 1.29 is 4.79 Å². The van der Waals surface area contributed by atoms with Crippen molar-refractivity contribution >= 4 is 29.8 Å². The second kappa shape index (κ2) is 9.03. The highest BCUT2D eigenvalue weighted by atomic mass is 32.2. The molecule has 2 unspecified atom stereocenters. The highest BCUT2D eigenvalue weighted by Crippen LogP contribution is 2.26. The van der Waals surface area contributed by atoms with E-state index in [0.29, 0.717) is 17.0 Å². The van der Waals surface area contributed by atoms with Crippen LogP contribution in [0.5, 0.6) is 0 Å². The molecular weight excluding hydrogens is 344 g/mol. The molecule has 1 aliphatic rings. The molecule has 0 spiro atoms. The van der Waals surface area contributed by atoms with E-state index in [9.17, 15) is 4.79 Å². The van der Waals surface area contributed by atoms with Crippen molar-refractivity contribution in [2.24, 2.45) is 0 Å². The standard InChI is InChI=1S/C20H26N4OS/c1-3-17-11-7-8-14-24(17)19(25)15(2)26-20-21-18(22-23-20)13-12-16-9-5-4-6-10-16/h4-6,9-10,12-13,15,17H,3,7-8,11,14H2,1-2H3,(H,21,22,23). The number of hydrogen-bond acceptors (Lipinski definition) is 4. The summed E-state index contributed by atoms with van der Waals surface area (Å²) in [4.78, 5) is 19.3. The van der Waals surface area contributed by atoms with Crippen molar-refractivity contribution in [1.82, 2.24) is 20.1 Å². The van der Waals surface area contributed by atoms with E-state index in [4.69, 9.17) is 0 Å². The lowest BCUT2D eigenvalue weighted by Gasteiger charge is -2.36. The zero-order valence-corrected chi connectivity index (χ0v) is 16.2. The van der Waals surface area contributed by atoms with Crippen molar-refractivity contribution in [1.29, 1.82) is 0 Å². The second-order valence-corrected chi connectivity index (χ2v) is 7.90. The SMILES string of the molecule is CCC1CCCCN1C(=O)C(C)Sc1n[nH]c(C=Cc2ccccc2)n1. The number of amides is 1. The van der Waals surface area contributed by atoms with Gasteiger partial charge in [0.15, 0.2) is 0 Å². The molecular formula is C20H26N4OS. The van der Waals surface area contributed by atoms with E-state index < -0.39 is 0 Å². The molecule has 2 heterocycles. The number of thioether (sulfide) groups is 1. The molecule has 3 rings (SSSR count). The molecule has 1 fully saturated rings. The minimum atomic E-state index is -0.177. The molecule has 0 saturated carbocycles. The summed E-state index contributed by atoms with van der Waals surface area (Å²) in [6.45, 7) is 4.99. The molecule has 1 aromatic carbocycles. The highest BCUT2D eigenvalue weighted by Gasteiger charge is 2.29. The van der Waals surface area contributed by atoms with Crippen LogP contribution >= 0.6 is 11.8 Å². The van der Waals surface area contributed by atoms with Gasteiger partial charge in [0.25, 0.3) is 0 Å². The topological polar surface area (TPSA) is 61.9 Å². The van der Waals surface area contributed by atoms with Gasteiger partial charge in [0.2, 0.25) is 11.1 Å². The van der Waals surface area contributed by atoms with E-state index in [1.54, 1.807) is 0 Å². The number of carbonyl (C=O) groups is 1. The second-order valence-electron chi connectivity index (χ2n) is 6.60. The predicted octanol–water partition coefficient (Wildman–Crippen LogP) is 4.25. The van der Waals surface area contributed by atoms with E-state index >= 15 is 0 Å². The average Bonchev–Trinajstić information content (AvgIpc) is 3.13. The van der Waals surface area contributed by atoms with Crippen molar-refractivity contribution in [3.63, 3.8) is 0 Å². The number of nitrogens with one attached hydrogen (secondary N) is 1. The van der Waals surface area contributed by atoms with Crippen LogP contribution in [0, 0.1) is 0 Å². The fourth-order valence-corrected chi connectivity index (χ4v) is 4.08. The molecule has 1 N–H and O–H groups in total. The maximum atomic E-state index is 12.8. The molecule has 138 valence electrons. The van der Waals surface area contributed by atoms with Crippen molar-refractivity contribution in [3.8, 4) is 0 Å². The van der Waals surface area contributed by atoms with Crippen molar-refractivity contribution in [2.45, 2.75) is 56.0 Å². The Bertz CT molecular complexity index is 743. The van der Waals surface area contributed by atoms with Crippen LogP contribution in [0.2, 0.25) is 0 Å². The lowest BCUT2D eigenvalue weighted by atomic mass is 10.00. The van der Waals surface area contributed by atoms with Crippen LogP contribution in [0.25, 0.3) is 12.2 Å². The Hall–Kier alpha value is -2.08. The third kappa shape index (κ3) is 4.75. The van der Waals surface area contributed by atoms with Crippen LogP contribution in [0.4, 0.5) is 0 Å². The molecule has 1 saturated heterocycles. The largest absolute Gasteiger partial charge is 0.339 e. The number of aromatic nitrogens is 3. The zero-order chi connectivity index (χ0) is 18.4. The summed E-state index contributed by atoms with van der Waals surface area (Å²) in [5, 5.41) is 7.60. The first kappa shape index (κ1) is 18.7. The van der Waals surface area contributed by atoms with Gasteiger partial charge in [-0.3, -0.25) is 9.89 Å². The number of carbonyl (C=O) groups excluding carboxylic acids is 1. The third-order valence-corrected chi connectivity index (χ3v) is 5.68. The van der Waals surface area contributed by atoms with Crippen molar-refractivity contribution in [3.05, 3.63) is 41.7 Å². The maximum Gasteiger partial charge on any atom is 0.236 e. The summed E-state index contributed by atoms with van der Waals surface area (Å²) in [6.07, 6.45) is 8.36. The maximum absolute atomic E-state index is 12.8. The Morgan fingerprint density at radius 1 is 1.35 bits per heavy atom. The van der Waals surface area contributed by atoms with Gasteiger partial charge in [-0.15, -0.1) is 5.10 Å². The number of rotatable bonds is 6. The van der Waals surface area contributed by atoms with Gasteiger partial charge in [0.05, 0.1) is 5.25 Å². The third-order valence-electron chi connectivity index (χ3n) is 4.73. The van der Waals surface area contributed by atoms with Crippen LogP contribution in [0.1, 0.15) is 50.9 Å². The fraction of sp³-hybridized carbons (Fsp3) is 0.450. The summed E-state index contributed by atoms with van der Waals surface area (Å²) < 4.78 is 0. The van der Waals surface area contributed by atoms with E-state index in [-0.39, 0.29) is 11.2 Å². The van der Waals surface area contributed by atoms with E-state index in [0.717, 1.165) is 31.4 Å². The van der Waals surface area contributed by atoms with Gasteiger partial charge < -0.3 is 4.90 Å². The van der Waals surface area contributed by atoms with Gasteiger partial charge in [-0.05, 0) is 44.2 Å². The highest BCUT2D eigenvalue weighted by molar-refractivity contribution is 8.00. The van der Waals surface area contributed by atoms with Crippen LogP contribution in [0.15, 0.2) is 35.5 Å². The summed E-state index contributed by atoms with van der Waals surface area (Å²) in [5.41, 5.74) is 1.11. The predicted molar refractivity (Wildman–Crippen MR) is 107 cm³/mol. The number of benzene rings is 1. The minimum Gasteiger partial charge on any atom is -0.339 e. The van der Waals surface area contributed by atoms with Gasteiger partial charge in [-0.1, -0.05) is 55.1 Å². The fourth-order valence-electron chi connectivity index (χ4n) is 3.28. The van der Waals surface area contributed by atoms with Gasteiger partial charge in [-0.2, -0.15) is 0 Å². The molecule has 0 bridgehead atoms. The average molecular weight is 371 g/mol. The Labute approximate surface area is 159 Å². The smallest absolute Gasteiger partial charge is 0.236 e.